The van der Waals surface area contributed by atoms with Gasteiger partial charge in [0, 0.05) is 16.7 Å². The van der Waals surface area contributed by atoms with E-state index in [4.69, 9.17) is 0 Å². The molecule has 26 heavy (non-hydrogen) atoms. The Morgan fingerprint density at radius 2 is 1.69 bits per heavy atom. The number of hydrogen-bond donors (Lipinski definition) is 3. The number of halogens is 1. The van der Waals surface area contributed by atoms with E-state index in [0.29, 0.717) is 18.7 Å². The van der Waals surface area contributed by atoms with Crippen LogP contribution in [0.2, 0.25) is 0 Å². The van der Waals surface area contributed by atoms with E-state index in [9.17, 15) is 9.59 Å². The van der Waals surface area contributed by atoms with Gasteiger partial charge in [-0.2, -0.15) is 0 Å². The van der Waals surface area contributed by atoms with Gasteiger partial charge in [-0.1, -0.05) is 47.1 Å². The quantitative estimate of drug-likeness (QED) is 0.624. The van der Waals surface area contributed by atoms with Gasteiger partial charge >= 0.3 is 6.03 Å². The SMILES string of the molecule is CCCNC(=O)Nc1ccc(CC(=O)NC(C)c2ccc(Br)cc2)cc1. The Labute approximate surface area is 162 Å². The summed E-state index contributed by atoms with van der Waals surface area (Å²) in [5.74, 6) is -0.0400. The number of benzene rings is 2. The monoisotopic (exact) mass is 417 g/mol. The van der Waals surface area contributed by atoms with E-state index < -0.39 is 0 Å². The summed E-state index contributed by atoms with van der Waals surface area (Å²) >= 11 is 3.41. The zero-order valence-corrected chi connectivity index (χ0v) is 16.6. The smallest absolute Gasteiger partial charge is 0.319 e. The molecule has 1 unspecified atom stereocenters. The van der Waals surface area contributed by atoms with Gasteiger partial charge in [0.25, 0.3) is 0 Å². The maximum atomic E-state index is 12.2. The Bertz CT molecular complexity index is 730. The minimum absolute atomic E-state index is 0.0400. The molecule has 2 aromatic rings. The predicted molar refractivity (Wildman–Crippen MR) is 108 cm³/mol. The Hall–Kier alpha value is -2.34. The lowest BCUT2D eigenvalue weighted by Gasteiger charge is -2.14. The molecule has 0 radical (unpaired) electrons. The van der Waals surface area contributed by atoms with Crippen LogP contribution in [0.4, 0.5) is 10.5 Å². The number of urea groups is 1. The normalized spacial score (nSPS) is 11.5. The van der Waals surface area contributed by atoms with Crippen molar-refractivity contribution in [1.82, 2.24) is 10.6 Å². The highest BCUT2D eigenvalue weighted by molar-refractivity contribution is 9.10. The van der Waals surface area contributed by atoms with Gasteiger partial charge in [-0.05, 0) is 48.7 Å². The first-order valence-corrected chi connectivity index (χ1v) is 9.46. The lowest BCUT2D eigenvalue weighted by atomic mass is 10.1. The third-order valence-electron chi connectivity index (χ3n) is 3.86. The van der Waals surface area contributed by atoms with Gasteiger partial charge in [0.05, 0.1) is 12.5 Å². The number of anilines is 1. The van der Waals surface area contributed by atoms with Crippen LogP contribution < -0.4 is 16.0 Å². The summed E-state index contributed by atoms with van der Waals surface area (Å²) in [6, 6.07) is 14.9. The number of carbonyl (C=O) groups is 2. The van der Waals surface area contributed by atoms with Crippen LogP contribution in [0.15, 0.2) is 53.0 Å². The lowest BCUT2D eigenvalue weighted by molar-refractivity contribution is -0.121. The Morgan fingerprint density at radius 1 is 1.04 bits per heavy atom. The van der Waals surface area contributed by atoms with E-state index in [2.05, 4.69) is 31.9 Å². The molecule has 0 aromatic heterocycles. The van der Waals surface area contributed by atoms with Crippen molar-refractivity contribution in [3.8, 4) is 0 Å². The molecule has 0 fully saturated rings. The van der Waals surface area contributed by atoms with Gasteiger partial charge in [-0.15, -0.1) is 0 Å². The van der Waals surface area contributed by atoms with Crippen LogP contribution in [0.5, 0.6) is 0 Å². The zero-order chi connectivity index (χ0) is 18.9. The fraction of sp³-hybridized carbons (Fsp3) is 0.300. The van der Waals surface area contributed by atoms with Crippen LogP contribution in [0.3, 0.4) is 0 Å². The minimum atomic E-state index is -0.222. The van der Waals surface area contributed by atoms with E-state index >= 15 is 0 Å². The molecule has 0 spiro atoms. The molecule has 0 aliphatic carbocycles. The third kappa shape index (κ3) is 6.52. The number of amides is 3. The average molecular weight is 418 g/mol. The topological polar surface area (TPSA) is 70.2 Å². The van der Waals surface area contributed by atoms with Crippen LogP contribution >= 0.6 is 15.9 Å². The van der Waals surface area contributed by atoms with Crippen molar-refractivity contribution >= 4 is 33.6 Å². The highest BCUT2D eigenvalue weighted by Gasteiger charge is 2.10. The molecule has 0 bridgehead atoms. The molecule has 1 atom stereocenters. The van der Waals surface area contributed by atoms with E-state index in [1.54, 1.807) is 12.1 Å². The predicted octanol–water partition coefficient (Wildman–Crippen LogP) is 4.40. The molecular formula is C20H24BrN3O2. The fourth-order valence-corrected chi connectivity index (χ4v) is 2.70. The maximum Gasteiger partial charge on any atom is 0.319 e. The highest BCUT2D eigenvalue weighted by Crippen LogP contribution is 2.17. The zero-order valence-electron chi connectivity index (χ0n) is 15.0. The molecule has 0 aliphatic rings. The van der Waals surface area contributed by atoms with Crippen molar-refractivity contribution in [2.75, 3.05) is 11.9 Å². The van der Waals surface area contributed by atoms with Crippen LogP contribution in [0.1, 0.15) is 37.4 Å². The molecule has 6 heteroatoms. The van der Waals surface area contributed by atoms with Crippen LogP contribution in [-0.2, 0) is 11.2 Å². The van der Waals surface area contributed by atoms with Gasteiger partial charge < -0.3 is 16.0 Å². The van der Waals surface area contributed by atoms with Gasteiger partial charge in [0.2, 0.25) is 5.91 Å². The van der Waals surface area contributed by atoms with Crippen molar-refractivity contribution in [1.29, 1.82) is 0 Å². The van der Waals surface area contributed by atoms with E-state index in [-0.39, 0.29) is 18.0 Å². The number of carbonyl (C=O) groups excluding carboxylic acids is 2. The minimum Gasteiger partial charge on any atom is -0.349 e. The summed E-state index contributed by atoms with van der Waals surface area (Å²) in [6.45, 7) is 4.60. The third-order valence-corrected chi connectivity index (χ3v) is 4.39. The summed E-state index contributed by atoms with van der Waals surface area (Å²) in [6.07, 6.45) is 1.18. The molecular weight excluding hydrogens is 394 g/mol. The fourth-order valence-electron chi connectivity index (χ4n) is 2.43. The first-order chi connectivity index (χ1) is 12.5. The Balaban J connectivity index is 1.85. The second kappa shape index (κ2) is 9.97. The molecule has 0 saturated carbocycles. The first kappa shape index (κ1) is 20.0. The molecule has 0 heterocycles. The second-order valence-electron chi connectivity index (χ2n) is 6.10. The number of hydrogen-bond acceptors (Lipinski definition) is 2. The summed E-state index contributed by atoms with van der Waals surface area (Å²) in [4.78, 5) is 23.9. The molecule has 0 aliphatic heterocycles. The molecule has 2 rings (SSSR count). The summed E-state index contributed by atoms with van der Waals surface area (Å²) in [7, 11) is 0. The van der Waals surface area contributed by atoms with Crippen molar-refractivity contribution in [2.45, 2.75) is 32.7 Å². The summed E-state index contributed by atoms with van der Waals surface area (Å²) < 4.78 is 1.01. The second-order valence-corrected chi connectivity index (χ2v) is 7.01. The maximum absolute atomic E-state index is 12.2. The largest absolute Gasteiger partial charge is 0.349 e. The van der Waals surface area contributed by atoms with Crippen molar-refractivity contribution in [3.05, 3.63) is 64.1 Å². The molecule has 0 saturated heterocycles. The van der Waals surface area contributed by atoms with Crippen molar-refractivity contribution in [3.63, 3.8) is 0 Å². The van der Waals surface area contributed by atoms with Crippen LogP contribution in [-0.4, -0.2) is 18.5 Å². The van der Waals surface area contributed by atoms with Gasteiger partial charge in [0.15, 0.2) is 0 Å². The highest BCUT2D eigenvalue weighted by atomic mass is 79.9. The summed E-state index contributed by atoms with van der Waals surface area (Å²) in [5.41, 5.74) is 2.65. The molecule has 3 N–H and O–H groups in total. The van der Waals surface area contributed by atoms with E-state index in [0.717, 1.165) is 22.0 Å². The molecule has 5 nitrogen and oxygen atoms in total. The summed E-state index contributed by atoms with van der Waals surface area (Å²) in [5, 5.41) is 8.51. The van der Waals surface area contributed by atoms with E-state index in [1.807, 2.05) is 50.2 Å². The van der Waals surface area contributed by atoms with Gasteiger partial charge in [0.1, 0.15) is 0 Å². The Morgan fingerprint density at radius 3 is 2.31 bits per heavy atom. The molecule has 3 amide bonds. The first-order valence-electron chi connectivity index (χ1n) is 8.66. The van der Waals surface area contributed by atoms with Crippen molar-refractivity contribution < 1.29 is 9.59 Å². The Kier molecular flexibility index (Phi) is 7.66. The standard InChI is InChI=1S/C20H24BrN3O2/c1-3-12-22-20(26)24-18-10-4-15(5-11-18)13-19(25)23-14(2)16-6-8-17(21)9-7-16/h4-11,14H,3,12-13H2,1-2H3,(H,23,25)(H2,22,24,26). The van der Waals surface area contributed by atoms with Crippen LogP contribution in [0, 0.1) is 0 Å². The van der Waals surface area contributed by atoms with Crippen LogP contribution in [0.25, 0.3) is 0 Å². The van der Waals surface area contributed by atoms with Gasteiger partial charge in [-0.25, -0.2) is 4.79 Å². The lowest BCUT2D eigenvalue weighted by Crippen LogP contribution is -2.29. The number of nitrogens with one attached hydrogen (secondary N) is 3. The van der Waals surface area contributed by atoms with Gasteiger partial charge in [-0.3, -0.25) is 4.79 Å². The average Bonchev–Trinajstić information content (AvgIpc) is 2.62. The number of rotatable bonds is 7. The molecule has 2 aromatic carbocycles. The molecule has 138 valence electrons. The van der Waals surface area contributed by atoms with E-state index in [1.165, 1.54) is 0 Å². The van der Waals surface area contributed by atoms with Crippen molar-refractivity contribution in [2.24, 2.45) is 0 Å².